The third kappa shape index (κ3) is 2.10. The minimum atomic E-state index is -0.565. The molecule has 0 fully saturated rings. The molecule has 1 heterocycles. The SMILES string of the molecule is CNCC(O)c1c2c(cc(C)c1OC)OCC2. The van der Waals surface area contributed by atoms with E-state index in [0.29, 0.717) is 13.2 Å². The van der Waals surface area contributed by atoms with Crippen LogP contribution in [0.25, 0.3) is 0 Å². The normalized spacial score (nSPS) is 15.3. The second kappa shape index (κ2) is 4.94. The van der Waals surface area contributed by atoms with E-state index in [9.17, 15) is 5.11 Å². The van der Waals surface area contributed by atoms with Gasteiger partial charge in [-0.05, 0) is 25.6 Å². The lowest BCUT2D eigenvalue weighted by Gasteiger charge is -2.19. The van der Waals surface area contributed by atoms with E-state index in [1.807, 2.05) is 20.0 Å². The highest BCUT2D eigenvalue weighted by molar-refractivity contribution is 5.55. The van der Waals surface area contributed by atoms with E-state index in [1.165, 1.54) is 0 Å². The van der Waals surface area contributed by atoms with E-state index < -0.39 is 6.10 Å². The quantitative estimate of drug-likeness (QED) is 0.826. The Labute approximate surface area is 102 Å². The van der Waals surface area contributed by atoms with E-state index in [1.54, 1.807) is 7.11 Å². The maximum Gasteiger partial charge on any atom is 0.128 e. The predicted octanol–water partition coefficient (Wildman–Crippen LogP) is 1.19. The Bertz CT molecular complexity index is 414. The summed E-state index contributed by atoms with van der Waals surface area (Å²) in [6, 6.07) is 1.98. The number of aryl methyl sites for hydroxylation is 1. The zero-order valence-electron chi connectivity index (χ0n) is 10.5. The fourth-order valence-corrected chi connectivity index (χ4v) is 2.40. The van der Waals surface area contributed by atoms with Gasteiger partial charge in [-0.25, -0.2) is 0 Å². The second-order valence-corrected chi connectivity index (χ2v) is 4.29. The largest absolute Gasteiger partial charge is 0.496 e. The second-order valence-electron chi connectivity index (χ2n) is 4.29. The van der Waals surface area contributed by atoms with Gasteiger partial charge in [0.15, 0.2) is 0 Å². The van der Waals surface area contributed by atoms with Crippen LogP contribution in [-0.2, 0) is 6.42 Å². The highest BCUT2D eigenvalue weighted by atomic mass is 16.5. The number of ether oxygens (including phenoxy) is 2. The maximum absolute atomic E-state index is 10.2. The lowest BCUT2D eigenvalue weighted by molar-refractivity contribution is 0.172. The summed E-state index contributed by atoms with van der Waals surface area (Å²) >= 11 is 0. The number of aliphatic hydroxyl groups excluding tert-OH is 1. The molecule has 4 nitrogen and oxygen atoms in total. The van der Waals surface area contributed by atoms with Crippen molar-refractivity contribution in [2.45, 2.75) is 19.4 Å². The molecule has 1 aromatic rings. The molecule has 1 unspecified atom stereocenters. The zero-order chi connectivity index (χ0) is 12.4. The average Bonchev–Trinajstić information content (AvgIpc) is 2.74. The van der Waals surface area contributed by atoms with Gasteiger partial charge in [0, 0.05) is 24.1 Å². The number of rotatable bonds is 4. The molecule has 0 bridgehead atoms. The van der Waals surface area contributed by atoms with Crippen molar-refractivity contribution in [3.63, 3.8) is 0 Å². The van der Waals surface area contributed by atoms with Gasteiger partial charge >= 0.3 is 0 Å². The summed E-state index contributed by atoms with van der Waals surface area (Å²) in [6.07, 6.45) is 0.271. The molecule has 0 aliphatic carbocycles. The van der Waals surface area contributed by atoms with Gasteiger partial charge in [-0.3, -0.25) is 0 Å². The third-order valence-corrected chi connectivity index (χ3v) is 3.12. The van der Waals surface area contributed by atoms with Crippen LogP contribution in [0.1, 0.15) is 22.8 Å². The summed E-state index contributed by atoms with van der Waals surface area (Å²) in [5.41, 5.74) is 2.95. The van der Waals surface area contributed by atoms with Crippen molar-refractivity contribution >= 4 is 0 Å². The van der Waals surface area contributed by atoms with Crippen LogP contribution >= 0.6 is 0 Å². The molecular formula is C13H19NO3. The molecule has 94 valence electrons. The molecule has 0 amide bonds. The number of hydrogen-bond acceptors (Lipinski definition) is 4. The first-order chi connectivity index (χ1) is 8.19. The fraction of sp³-hybridized carbons (Fsp3) is 0.538. The van der Waals surface area contributed by atoms with Crippen LogP contribution in [0.2, 0.25) is 0 Å². The summed E-state index contributed by atoms with van der Waals surface area (Å²) in [5, 5.41) is 13.2. The molecule has 4 heteroatoms. The van der Waals surface area contributed by atoms with Gasteiger partial charge in [0.25, 0.3) is 0 Å². The molecule has 0 saturated heterocycles. The van der Waals surface area contributed by atoms with Gasteiger partial charge in [-0.15, -0.1) is 0 Å². The summed E-state index contributed by atoms with van der Waals surface area (Å²) in [7, 11) is 3.46. The van der Waals surface area contributed by atoms with Crippen LogP contribution in [-0.4, -0.2) is 32.4 Å². The Kier molecular flexibility index (Phi) is 3.54. The van der Waals surface area contributed by atoms with Crippen molar-refractivity contribution in [2.75, 3.05) is 27.3 Å². The van der Waals surface area contributed by atoms with Crippen LogP contribution in [0, 0.1) is 6.92 Å². The number of nitrogens with one attached hydrogen (secondary N) is 1. The van der Waals surface area contributed by atoms with Gasteiger partial charge in [0.05, 0.1) is 19.8 Å². The van der Waals surface area contributed by atoms with E-state index in [0.717, 1.165) is 34.6 Å². The highest BCUT2D eigenvalue weighted by Crippen LogP contribution is 2.40. The number of likely N-dealkylation sites (N-methyl/N-ethyl adjacent to an activating group) is 1. The molecule has 0 radical (unpaired) electrons. The maximum atomic E-state index is 10.2. The Morgan fingerprint density at radius 1 is 1.59 bits per heavy atom. The molecule has 1 aromatic carbocycles. The summed E-state index contributed by atoms with van der Waals surface area (Å²) < 4.78 is 11.0. The van der Waals surface area contributed by atoms with Gasteiger partial charge in [-0.1, -0.05) is 0 Å². The lowest BCUT2D eigenvalue weighted by atomic mass is 9.96. The first-order valence-corrected chi connectivity index (χ1v) is 5.84. The molecule has 1 atom stereocenters. The minimum absolute atomic E-state index is 0.506. The lowest BCUT2D eigenvalue weighted by Crippen LogP contribution is -2.18. The summed E-state index contributed by atoms with van der Waals surface area (Å²) in [6.45, 7) is 3.16. The molecular weight excluding hydrogens is 218 g/mol. The molecule has 0 spiro atoms. The number of hydrogen-bond donors (Lipinski definition) is 2. The van der Waals surface area contributed by atoms with Crippen molar-refractivity contribution < 1.29 is 14.6 Å². The standard InChI is InChI=1S/C13H19NO3/c1-8-6-11-9(4-5-17-11)12(13(8)16-3)10(15)7-14-2/h6,10,14-15H,4-5,7H2,1-3H3. The van der Waals surface area contributed by atoms with Gasteiger partial charge in [0.2, 0.25) is 0 Å². The van der Waals surface area contributed by atoms with Gasteiger partial charge in [0.1, 0.15) is 11.5 Å². The summed E-state index contributed by atoms with van der Waals surface area (Å²) in [5.74, 6) is 1.66. The molecule has 1 aliphatic rings. The minimum Gasteiger partial charge on any atom is -0.496 e. The van der Waals surface area contributed by atoms with Gasteiger partial charge < -0.3 is 19.9 Å². The molecule has 17 heavy (non-hydrogen) atoms. The van der Waals surface area contributed by atoms with Crippen LogP contribution in [0.5, 0.6) is 11.5 Å². The van der Waals surface area contributed by atoms with Crippen LogP contribution in [0.15, 0.2) is 6.07 Å². The van der Waals surface area contributed by atoms with Crippen LogP contribution in [0.4, 0.5) is 0 Å². The summed E-state index contributed by atoms with van der Waals surface area (Å²) in [4.78, 5) is 0. The highest BCUT2D eigenvalue weighted by Gasteiger charge is 2.26. The predicted molar refractivity (Wildman–Crippen MR) is 65.8 cm³/mol. The Hall–Kier alpha value is -1.26. The van der Waals surface area contributed by atoms with Crippen LogP contribution in [0.3, 0.4) is 0 Å². The molecule has 1 aliphatic heterocycles. The van der Waals surface area contributed by atoms with Crippen molar-refractivity contribution in [3.05, 3.63) is 22.8 Å². The van der Waals surface area contributed by atoms with E-state index in [-0.39, 0.29) is 0 Å². The Morgan fingerprint density at radius 3 is 3.00 bits per heavy atom. The first kappa shape index (κ1) is 12.2. The van der Waals surface area contributed by atoms with E-state index >= 15 is 0 Å². The molecule has 0 saturated carbocycles. The molecule has 2 N–H and O–H groups in total. The van der Waals surface area contributed by atoms with Crippen molar-refractivity contribution in [1.82, 2.24) is 5.32 Å². The van der Waals surface area contributed by atoms with Crippen molar-refractivity contribution in [1.29, 1.82) is 0 Å². The topological polar surface area (TPSA) is 50.7 Å². The van der Waals surface area contributed by atoms with Crippen molar-refractivity contribution in [3.8, 4) is 11.5 Å². The first-order valence-electron chi connectivity index (χ1n) is 5.84. The zero-order valence-corrected chi connectivity index (χ0v) is 10.5. The van der Waals surface area contributed by atoms with Crippen molar-refractivity contribution in [2.24, 2.45) is 0 Å². The number of methoxy groups -OCH3 is 1. The van der Waals surface area contributed by atoms with Gasteiger partial charge in [-0.2, -0.15) is 0 Å². The smallest absolute Gasteiger partial charge is 0.128 e. The Morgan fingerprint density at radius 2 is 2.35 bits per heavy atom. The monoisotopic (exact) mass is 237 g/mol. The third-order valence-electron chi connectivity index (χ3n) is 3.12. The average molecular weight is 237 g/mol. The van der Waals surface area contributed by atoms with E-state index in [2.05, 4.69) is 5.32 Å². The number of aliphatic hydroxyl groups is 1. The number of benzene rings is 1. The fourth-order valence-electron chi connectivity index (χ4n) is 2.40. The van der Waals surface area contributed by atoms with E-state index in [4.69, 9.17) is 9.47 Å². The van der Waals surface area contributed by atoms with Crippen LogP contribution < -0.4 is 14.8 Å². The number of fused-ring (bicyclic) bond motifs is 1. The Balaban J connectivity index is 2.53. The molecule has 0 aromatic heterocycles. The molecule has 2 rings (SSSR count).